The molecule has 1 aliphatic rings. The molecule has 0 bridgehead atoms. The smallest absolute Gasteiger partial charge is 0.183 e. The van der Waals surface area contributed by atoms with Gasteiger partial charge in [0.15, 0.2) is 5.78 Å². The molecule has 5 rings (SSSR count). The highest BCUT2D eigenvalue weighted by molar-refractivity contribution is 5.97. The van der Waals surface area contributed by atoms with Crippen LogP contribution in [0, 0.1) is 5.82 Å². The Morgan fingerprint density at radius 2 is 1.92 bits per heavy atom. The molecule has 0 saturated carbocycles. The number of aromatic nitrogens is 2. The Hall–Kier alpha value is -3.65. The molecule has 2 heterocycles. The second kappa shape index (κ2) is 10.6. The van der Waals surface area contributed by atoms with Gasteiger partial charge >= 0.3 is 0 Å². The van der Waals surface area contributed by atoms with Gasteiger partial charge in [0.25, 0.3) is 0 Å². The van der Waals surface area contributed by atoms with Crippen LogP contribution in [0.4, 0.5) is 4.39 Å². The van der Waals surface area contributed by atoms with Crippen molar-refractivity contribution in [3.05, 3.63) is 107 Å². The predicted molar refractivity (Wildman–Crippen MR) is 148 cm³/mol. The number of carbonyl (C=O) groups is 1. The molecule has 0 amide bonds. The zero-order valence-corrected chi connectivity index (χ0v) is 22.1. The maximum absolute atomic E-state index is 15.6. The first-order valence-electron chi connectivity index (χ1n) is 13.0. The molecule has 196 valence electrons. The predicted octanol–water partition coefficient (Wildman–Crippen LogP) is 5.44. The zero-order chi connectivity index (χ0) is 26.9. The number of nitrogens with two attached hydrogens (primary N) is 1. The van der Waals surface area contributed by atoms with Crippen LogP contribution in [0.3, 0.4) is 0 Å². The van der Waals surface area contributed by atoms with Crippen molar-refractivity contribution in [3.63, 3.8) is 0 Å². The second-order valence-electron chi connectivity index (χ2n) is 10.8. The van der Waals surface area contributed by atoms with Gasteiger partial charge in [-0.3, -0.25) is 9.36 Å². The summed E-state index contributed by atoms with van der Waals surface area (Å²) in [5.41, 5.74) is 12.2. The van der Waals surface area contributed by atoms with Crippen LogP contribution >= 0.6 is 0 Å². The van der Waals surface area contributed by atoms with E-state index >= 15 is 4.39 Å². The third-order valence-corrected chi connectivity index (χ3v) is 6.95. The van der Waals surface area contributed by atoms with Crippen LogP contribution in [0.15, 0.2) is 73.1 Å². The number of fused-ring (bicyclic) bond motifs is 1. The number of imidazole rings is 1. The number of hydrogen-bond donors (Lipinski definition) is 3. The van der Waals surface area contributed by atoms with Crippen molar-refractivity contribution in [2.24, 2.45) is 5.73 Å². The highest BCUT2D eigenvalue weighted by Crippen LogP contribution is 2.32. The van der Waals surface area contributed by atoms with Crippen molar-refractivity contribution in [2.45, 2.75) is 58.4 Å². The Balaban J connectivity index is 1.40. The summed E-state index contributed by atoms with van der Waals surface area (Å²) in [6, 6.07) is 20.7. The molecule has 1 unspecified atom stereocenters. The monoisotopic (exact) mass is 511 g/mol. The van der Waals surface area contributed by atoms with Gasteiger partial charge in [-0.25, -0.2) is 9.37 Å². The van der Waals surface area contributed by atoms with E-state index in [9.17, 15) is 4.79 Å². The summed E-state index contributed by atoms with van der Waals surface area (Å²) in [7, 11) is 0. The van der Waals surface area contributed by atoms with Gasteiger partial charge in [-0.15, -0.1) is 0 Å². The number of halogens is 1. The van der Waals surface area contributed by atoms with E-state index in [-0.39, 0.29) is 23.6 Å². The molecule has 0 aliphatic carbocycles. The Kier molecular flexibility index (Phi) is 7.25. The minimum Gasteiger partial charge on any atom is -0.326 e. The number of benzene rings is 3. The fourth-order valence-corrected chi connectivity index (χ4v) is 4.93. The number of carbonyl (C=O) groups excluding carboxylic acids is 1. The van der Waals surface area contributed by atoms with Crippen LogP contribution in [0.1, 0.15) is 66.1 Å². The minimum atomic E-state index is -0.452. The lowest BCUT2D eigenvalue weighted by Gasteiger charge is -2.22. The lowest BCUT2D eigenvalue weighted by molar-refractivity contribution is 0.0966. The molecule has 0 spiro atoms. The molecule has 4 N–H and O–H groups in total. The molecule has 3 aromatic carbocycles. The number of nitrogens with zero attached hydrogens (tertiary/aromatic N) is 2. The van der Waals surface area contributed by atoms with E-state index < -0.39 is 6.04 Å². The Morgan fingerprint density at radius 1 is 1.11 bits per heavy atom. The maximum Gasteiger partial charge on any atom is 0.183 e. The van der Waals surface area contributed by atoms with Crippen molar-refractivity contribution in [1.29, 1.82) is 0 Å². The van der Waals surface area contributed by atoms with E-state index in [0.717, 1.165) is 27.9 Å². The summed E-state index contributed by atoms with van der Waals surface area (Å²) in [4.78, 5) is 17.9. The third kappa shape index (κ3) is 5.45. The van der Waals surface area contributed by atoms with Crippen molar-refractivity contribution in [2.75, 3.05) is 0 Å². The van der Waals surface area contributed by atoms with Gasteiger partial charge in [0.05, 0.1) is 5.69 Å². The summed E-state index contributed by atoms with van der Waals surface area (Å²) in [6.07, 6.45) is 1.80. The van der Waals surface area contributed by atoms with Gasteiger partial charge in [-0.2, -0.15) is 0 Å². The number of ketones is 1. The van der Waals surface area contributed by atoms with Crippen LogP contribution < -0.4 is 16.4 Å². The fraction of sp³-hybridized carbons (Fsp3) is 0.290. The molecule has 0 fully saturated rings. The van der Waals surface area contributed by atoms with Crippen molar-refractivity contribution in [1.82, 2.24) is 20.2 Å². The largest absolute Gasteiger partial charge is 0.326 e. The normalized spacial score (nSPS) is 15.8. The van der Waals surface area contributed by atoms with E-state index in [4.69, 9.17) is 5.73 Å². The van der Waals surface area contributed by atoms with Gasteiger partial charge in [0.2, 0.25) is 0 Å². The molecule has 0 radical (unpaired) electrons. The molecule has 1 aliphatic heterocycles. The fourth-order valence-electron chi connectivity index (χ4n) is 4.93. The van der Waals surface area contributed by atoms with Crippen molar-refractivity contribution in [3.8, 4) is 16.8 Å². The van der Waals surface area contributed by atoms with Gasteiger partial charge in [-0.1, -0.05) is 48.5 Å². The summed E-state index contributed by atoms with van der Waals surface area (Å²) in [5, 5.41) is 6.86. The molecular formula is C31H34FN5O. The quantitative estimate of drug-likeness (QED) is 0.321. The molecule has 4 aromatic rings. The van der Waals surface area contributed by atoms with Crippen LogP contribution in [0.2, 0.25) is 0 Å². The van der Waals surface area contributed by atoms with Crippen LogP contribution in [0.5, 0.6) is 0 Å². The average molecular weight is 512 g/mol. The van der Waals surface area contributed by atoms with Crippen molar-refractivity contribution >= 4 is 5.78 Å². The second-order valence-corrected chi connectivity index (χ2v) is 10.8. The lowest BCUT2D eigenvalue weighted by Crippen LogP contribution is -2.35. The van der Waals surface area contributed by atoms with Gasteiger partial charge < -0.3 is 16.4 Å². The summed E-state index contributed by atoms with van der Waals surface area (Å²) >= 11 is 0. The number of Topliss-reactive ketones (excluding diaryl/α,β-unsaturated/α-hetero) is 1. The Morgan fingerprint density at radius 3 is 2.68 bits per heavy atom. The average Bonchev–Trinajstić information content (AvgIpc) is 3.27. The van der Waals surface area contributed by atoms with Gasteiger partial charge in [-0.05, 0) is 61.2 Å². The Labute approximate surface area is 223 Å². The number of nitrogens with one attached hydrogen (secondary N) is 2. The number of hydrogen-bond acceptors (Lipinski definition) is 5. The van der Waals surface area contributed by atoms with E-state index in [2.05, 4.69) is 42.5 Å². The molecule has 7 heteroatoms. The topological polar surface area (TPSA) is 85.0 Å². The lowest BCUT2D eigenvalue weighted by atomic mass is 9.94. The first-order chi connectivity index (χ1) is 18.2. The van der Waals surface area contributed by atoms with Crippen LogP contribution in [0.25, 0.3) is 16.8 Å². The van der Waals surface area contributed by atoms with Gasteiger partial charge in [0, 0.05) is 48.9 Å². The first kappa shape index (κ1) is 26.0. The molecule has 0 saturated heterocycles. The van der Waals surface area contributed by atoms with Crippen LogP contribution in [-0.2, 0) is 19.6 Å². The highest BCUT2D eigenvalue weighted by atomic mass is 19.1. The van der Waals surface area contributed by atoms with E-state index in [1.165, 1.54) is 0 Å². The zero-order valence-electron chi connectivity index (χ0n) is 22.1. The van der Waals surface area contributed by atoms with E-state index in [0.29, 0.717) is 36.6 Å². The summed E-state index contributed by atoms with van der Waals surface area (Å²) < 4.78 is 17.4. The summed E-state index contributed by atoms with van der Waals surface area (Å²) in [5.74, 6) is -0.405. The molecule has 38 heavy (non-hydrogen) atoms. The molecule has 1 aromatic heterocycles. The maximum atomic E-state index is 15.6. The van der Waals surface area contributed by atoms with Crippen LogP contribution in [-0.4, -0.2) is 20.9 Å². The molecule has 6 nitrogen and oxygen atoms in total. The number of rotatable bonds is 6. The minimum absolute atomic E-state index is 0.0267. The van der Waals surface area contributed by atoms with Gasteiger partial charge in [0.1, 0.15) is 17.8 Å². The summed E-state index contributed by atoms with van der Waals surface area (Å²) in [6.45, 7) is 7.84. The first-order valence-corrected chi connectivity index (χ1v) is 13.0. The Bertz CT molecular complexity index is 1470. The van der Waals surface area contributed by atoms with Crippen molar-refractivity contribution < 1.29 is 9.18 Å². The standard InChI is InChI=1S/C31H34FN5O/c1-31(2,3)36-17-22-8-4-5-10-24(22)21-11-12-25(26(32)14-21)27-15-29(38)30-28(18-34-27)35-19-37(30)23-9-6-7-20(13-23)16-33/h4-14,19,27,34,36H,15-18,33H2,1-3H3. The van der Waals surface area contributed by atoms with E-state index in [1.54, 1.807) is 18.5 Å². The van der Waals surface area contributed by atoms with E-state index in [1.807, 2.05) is 53.1 Å². The molecule has 1 atom stereocenters. The SMILES string of the molecule is CC(C)(C)NCc1ccccc1-c1ccc(C2CC(=O)c3c(ncn3-c3cccc(CN)c3)CN2)c(F)c1. The highest BCUT2D eigenvalue weighted by Gasteiger charge is 2.29. The third-order valence-electron chi connectivity index (χ3n) is 6.95. The molecular weight excluding hydrogens is 477 g/mol.